The Balaban J connectivity index is 2.33. The Hall–Kier alpha value is -3.10. The first-order valence-corrected chi connectivity index (χ1v) is 7.45. The number of pyridine rings is 1. The fourth-order valence-corrected chi connectivity index (χ4v) is 2.17. The van der Waals surface area contributed by atoms with Crippen LogP contribution in [0.4, 0.5) is 13.2 Å². The van der Waals surface area contributed by atoms with Crippen LogP contribution in [0.1, 0.15) is 16.7 Å². The van der Waals surface area contributed by atoms with E-state index in [-0.39, 0.29) is 12.3 Å². The molecule has 1 aromatic heterocycles. The molecule has 0 aliphatic heterocycles. The summed E-state index contributed by atoms with van der Waals surface area (Å²) in [5.41, 5.74) is -0.176. The summed E-state index contributed by atoms with van der Waals surface area (Å²) in [6.45, 7) is -0.240. The van der Waals surface area contributed by atoms with E-state index < -0.39 is 23.5 Å². The maximum atomic E-state index is 13.0. The number of benzene rings is 1. The second kappa shape index (κ2) is 8.32. The van der Waals surface area contributed by atoms with Gasteiger partial charge in [-0.15, -0.1) is 0 Å². The summed E-state index contributed by atoms with van der Waals surface area (Å²) >= 11 is 0. The van der Waals surface area contributed by atoms with Crippen molar-refractivity contribution in [2.75, 3.05) is 14.2 Å². The summed E-state index contributed by atoms with van der Waals surface area (Å²) in [6, 6.07) is 8.60. The number of hydrogen-bond acceptors (Lipinski definition) is 5. The van der Waals surface area contributed by atoms with Crippen LogP contribution >= 0.6 is 0 Å². The minimum absolute atomic E-state index is 0.0220. The van der Waals surface area contributed by atoms with Crippen LogP contribution in [0.5, 0.6) is 5.88 Å². The maximum absolute atomic E-state index is 13.0. The van der Waals surface area contributed by atoms with E-state index in [0.717, 1.165) is 6.07 Å². The fraction of sp³-hybridized carbons (Fsp3) is 0.235. The number of amides is 1. The highest BCUT2D eigenvalue weighted by Crippen LogP contribution is 2.34. The largest absolute Gasteiger partial charge is 0.472 e. The van der Waals surface area contributed by atoms with Gasteiger partial charge < -0.3 is 14.9 Å². The molecule has 1 amide bonds. The number of nitrogens with zero attached hydrogens (tertiary/aromatic N) is 2. The van der Waals surface area contributed by atoms with E-state index in [2.05, 4.69) is 20.3 Å². The molecule has 26 heavy (non-hydrogen) atoms. The van der Waals surface area contributed by atoms with Crippen molar-refractivity contribution in [3.05, 3.63) is 59.3 Å². The lowest BCUT2D eigenvalue weighted by Crippen LogP contribution is -2.29. The predicted octanol–water partition coefficient (Wildman–Crippen LogP) is 2.78. The molecule has 1 heterocycles. The highest BCUT2D eigenvalue weighted by Gasteiger charge is 2.35. The number of alkyl halides is 3. The Morgan fingerprint density at radius 2 is 1.96 bits per heavy atom. The van der Waals surface area contributed by atoms with Crippen molar-refractivity contribution in [1.82, 2.24) is 10.3 Å². The molecule has 0 saturated carbocycles. The van der Waals surface area contributed by atoms with Crippen molar-refractivity contribution in [1.29, 1.82) is 0 Å². The van der Waals surface area contributed by atoms with Gasteiger partial charge in [0.05, 0.1) is 0 Å². The molecule has 9 heteroatoms. The number of aromatic nitrogens is 1. The number of carbonyl (C=O) groups excluding carboxylic acids is 1. The zero-order valence-electron chi connectivity index (χ0n) is 14.0. The third-order valence-corrected chi connectivity index (χ3v) is 3.34. The second-order valence-electron chi connectivity index (χ2n) is 5.00. The molecule has 0 fully saturated rings. The van der Waals surface area contributed by atoms with Crippen LogP contribution in [0.2, 0.25) is 0 Å². The van der Waals surface area contributed by atoms with Crippen molar-refractivity contribution in [3.8, 4) is 5.88 Å². The Labute approximate surface area is 147 Å². The van der Waals surface area contributed by atoms with Gasteiger partial charge in [-0.3, -0.25) is 4.79 Å². The lowest BCUT2D eigenvalue weighted by atomic mass is 10.0. The number of hydrogen-bond donors (Lipinski definition) is 1. The van der Waals surface area contributed by atoms with Gasteiger partial charge in [0.15, 0.2) is 5.71 Å². The van der Waals surface area contributed by atoms with Crippen molar-refractivity contribution < 1.29 is 27.5 Å². The number of likely N-dealkylation sites (N-methyl/N-ethyl adjacent to an activating group) is 1. The standard InChI is InChI=1S/C17H16F3N3O3/c1-21-15(24)14(23-25-2)12-7-4-3-6-11(12)10-26-16-13(17(18,19)20)8-5-9-22-16/h3-9H,10H2,1-2H3,(H,21,24). The molecule has 138 valence electrons. The number of ether oxygens (including phenoxy) is 1. The lowest BCUT2D eigenvalue weighted by Gasteiger charge is -2.14. The molecule has 1 aromatic carbocycles. The molecule has 0 spiro atoms. The topological polar surface area (TPSA) is 72.8 Å². The van der Waals surface area contributed by atoms with E-state index in [1.54, 1.807) is 24.3 Å². The van der Waals surface area contributed by atoms with Gasteiger partial charge in [0.25, 0.3) is 5.91 Å². The van der Waals surface area contributed by atoms with Crippen molar-refractivity contribution in [3.63, 3.8) is 0 Å². The molecule has 2 aromatic rings. The summed E-state index contributed by atoms with van der Waals surface area (Å²) < 4.78 is 44.3. The minimum Gasteiger partial charge on any atom is -0.472 e. The van der Waals surface area contributed by atoms with Crippen molar-refractivity contribution in [2.24, 2.45) is 5.16 Å². The molecule has 0 bridgehead atoms. The molecule has 2 rings (SSSR count). The molecule has 0 atom stereocenters. The van der Waals surface area contributed by atoms with E-state index in [1.165, 1.54) is 26.4 Å². The molecule has 6 nitrogen and oxygen atoms in total. The molecule has 0 aliphatic carbocycles. The summed E-state index contributed by atoms with van der Waals surface area (Å²) in [4.78, 5) is 20.3. The van der Waals surface area contributed by atoms with Gasteiger partial charge in [-0.2, -0.15) is 13.2 Å². The van der Waals surface area contributed by atoms with Crippen LogP contribution in [0.15, 0.2) is 47.8 Å². The summed E-state index contributed by atoms with van der Waals surface area (Å²) in [5, 5.41) is 6.12. The molecule has 0 unspecified atom stereocenters. The van der Waals surface area contributed by atoms with E-state index >= 15 is 0 Å². The highest BCUT2D eigenvalue weighted by atomic mass is 19.4. The Kier molecular flexibility index (Phi) is 6.16. The van der Waals surface area contributed by atoms with E-state index in [1.807, 2.05) is 0 Å². The van der Waals surface area contributed by atoms with Gasteiger partial charge >= 0.3 is 6.18 Å². The first-order chi connectivity index (χ1) is 12.4. The van der Waals surface area contributed by atoms with Gasteiger partial charge in [0.2, 0.25) is 5.88 Å². The molecular weight excluding hydrogens is 351 g/mol. The number of oxime groups is 1. The van der Waals surface area contributed by atoms with E-state index in [0.29, 0.717) is 11.1 Å². The predicted molar refractivity (Wildman–Crippen MR) is 87.6 cm³/mol. The highest BCUT2D eigenvalue weighted by molar-refractivity contribution is 6.45. The van der Waals surface area contributed by atoms with E-state index in [9.17, 15) is 18.0 Å². The number of carbonyl (C=O) groups is 1. The summed E-state index contributed by atoms with van der Waals surface area (Å²) in [5.74, 6) is -1.05. The van der Waals surface area contributed by atoms with Gasteiger partial charge in [-0.1, -0.05) is 29.4 Å². The van der Waals surface area contributed by atoms with Gasteiger partial charge in [0.1, 0.15) is 19.3 Å². The average molecular weight is 367 g/mol. The zero-order chi connectivity index (χ0) is 19.2. The second-order valence-corrected chi connectivity index (χ2v) is 5.00. The molecule has 1 N–H and O–H groups in total. The summed E-state index contributed by atoms with van der Waals surface area (Å²) in [6.07, 6.45) is -3.38. The van der Waals surface area contributed by atoms with Crippen LogP contribution in [0, 0.1) is 0 Å². The van der Waals surface area contributed by atoms with Gasteiger partial charge in [0, 0.05) is 18.8 Å². The third kappa shape index (κ3) is 4.50. The number of rotatable bonds is 6. The van der Waals surface area contributed by atoms with Crippen LogP contribution in [-0.2, 0) is 22.4 Å². The molecular formula is C17H16F3N3O3. The monoisotopic (exact) mass is 367 g/mol. The van der Waals surface area contributed by atoms with Crippen LogP contribution < -0.4 is 10.1 Å². The van der Waals surface area contributed by atoms with Crippen LogP contribution in [0.3, 0.4) is 0 Å². The first kappa shape index (κ1) is 19.2. The summed E-state index contributed by atoms with van der Waals surface area (Å²) in [7, 11) is 2.71. The number of halogens is 3. The number of nitrogens with one attached hydrogen (secondary N) is 1. The third-order valence-electron chi connectivity index (χ3n) is 3.34. The average Bonchev–Trinajstić information content (AvgIpc) is 2.63. The first-order valence-electron chi connectivity index (χ1n) is 7.45. The smallest absolute Gasteiger partial charge is 0.421 e. The molecule has 0 aliphatic rings. The van der Waals surface area contributed by atoms with Crippen molar-refractivity contribution >= 4 is 11.6 Å². The van der Waals surface area contributed by atoms with Gasteiger partial charge in [-0.05, 0) is 17.7 Å². The zero-order valence-corrected chi connectivity index (χ0v) is 14.0. The normalized spacial score (nSPS) is 11.8. The Morgan fingerprint density at radius 3 is 2.62 bits per heavy atom. The van der Waals surface area contributed by atoms with Gasteiger partial charge in [-0.25, -0.2) is 4.98 Å². The molecule has 0 radical (unpaired) electrons. The van der Waals surface area contributed by atoms with Crippen LogP contribution in [0.25, 0.3) is 0 Å². The van der Waals surface area contributed by atoms with Crippen LogP contribution in [-0.4, -0.2) is 30.8 Å². The molecule has 0 saturated heterocycles. The fourth-order valence-electron chi connectivity index (χ4n) is 2.17. The SMILES string of the molecule is CNC(=O)C(=NOC)c1ccccc1COc1ncccc1C(F)(F)F. The Morgan fingerprint density at radius 1 is 1.23 bits per heavy atom. The minimum atomic E-state index is -4.59. The Bertz CT molecular complexity index is 807. The lowest BCUT2D eigenvalue weighted by molar-refractivity contribution is -0.139. The maximum Gasteiger partial charge on any atom is 0.421 e. The quantitative estimate of drug-likeness (QED) is 0.629. The van der Waals surface area contributed by atoms with E-state index in [4.69, 9.17) is 4.74 Å². The van der Waals surface area contributed by atoms with Crippen molar-refractivity contribution in [2.45, 2.75) is 12.8 Å².